The molecule has 0 aromatic heterocycles. The molecule has 19 heavy (non-hydrogen) atoms. The summed E-state index contributed by atoms with van der Waals surface area (Å²) in [5, 5.41) is 18.0. The van der Waals surface area contributed by atoms with Crippen molar-refractivity contribution >= 4 is 17.1 Å². The first kappa shape index (κ1) is 14.5. The summed E-state index contributed by atoms with van der Waals surface area (Å²) in [6, 6.07) is 8.00. The monoisotopic (exact) mass is 261 g/mol. The number of phenolic OH excluding ortho intramolecular Hbond substituents is 2. The lowest BCUT2D eigenvalue weighted by atomic mass is 10.1. The highest BCUT2D eigenvalue weighted by Crippen LogP contribution is 2.22. The third kappa shape index (κ3) is 3.99. The van der Waals surface area contributed by atoms with E-state index in [-0.39, 0.29) is 5.75 Å². The van der Waals surface area contributed by atoms with E-state index >= 15 is 0 Å². The molecule has 0 spiro atoms. The van der Waals surface area contributed by atoms with Crippen molar-refractivity contribution in [2.45, 2.75) is 13.8 Å². The van der Waals surface area contributed by atoms with E-state index in [2.05, 4.69) is 0 Å². The summed E-state index contributed by atoms with van der Waals surface area (Å²) in [5.41, 5.74) is 19.6. The second-order valence-electron chi connectivity index (χ2n) is 4.31. The molecule has 5 heteroatoms. The molecular weight excluding hydrogens is 242 g/mol. The Morgan fingerprint density at radius 1 is 0.737 bits per heavy atom. The summed E-state index contributed by atoms with van der Waals surface area (Å²) in [5.74, 6) is 0.385. The SMILES string of the molecule is Cc1cc(O)c(C)cc1N.Nc1ccc(O)c(N)c1. The number of hydrogen-bond donors (Lipinski definition) is 5. The minimum atomic E-state index is 0.0733. The molecule has 2 aromatic rings. The number of rotatable bonds is 0. The maximum absolute atomic E-state index is 9.17. The van der Waals surface area contributed by atoms with Crippen LogP contribution >= 0.6 is 0 Å². The Kier molecular flexibility index (Phi) is 4.47. The quantitative estimate of drug-likeness (QED) is 0.283. The third-order valence-corrected chi connectivity index (χ3v) is 2.64. The van der Waals surface area contributed by atoms with Crippen molar-refractivity contribution in [3.05, 3.63) is 41.5 Å². The van der Waals surface area contributed by atoms with E-state index in [4.69, 9.17) is 27.4 Å². The molecule has 102 valence electrons. The second kappa shape index (κ2) is 5.86. The van der Waals surface area contributed by atoms with E-state index in [0.29, 0.717) is 17.1 Å². The highest BCUT2D eigenvalue weighted by Gasteiger charge is 1.98. The molecule has 0 aliphatic carbocycles. The van der Waals surface area contributed by atoms with Gasteiger partial charge in [-0.1, -0.05) is 0 Å². The van der Waals surface area contributed by atoms with Crippen molar-refractivity contribution in [1.82, 2.24) is 0 Å². The Morgan fingerprint density at radius 2 is 1.37 bits per heavy atom. The van der Waals surface area contributed by atoms with Gasteiger partial charge in [-0.3, -0.25) is 0 Å². The van der Waals surface area contributed by atoms with Crippen molar-refractivity contribution in [3.8, 4) is 11.5 Å². The molecule has 0 bridgehead atoms. The average Bonchev–Trinajstić information content (AvgIpc) is 2.33. The number of benzene rings is 2. The molecule has 0 saturated carbocycles. The molecule has 0 heterocycles. The lowest BCUT2D eigenvalue weighted by Crippen LogP contribution is -1.89. The summed E-state index contributed by atoms with van der Waals surface area (Å²) >= 11 is 0. The molecule has 0 aliphatic heterocycles. The summed E-state index contributed by atoms with van der Waals surface area (Å²) in [7, 11) is 0. The standard InChI is InChI=1S/C8H11NO.C6H8N2O/c1-5-4-8(10)6(2)3-7(5)9;7-4-1-2-6(9)5(8)3-4/h3-4,10H,9H2,1-2H3;1-3,9H,7-8H2. The molecule has 2 rings (SSSR count). The fourth-order valence-electron chi connectivity index (χ4n) is 1.40. The maximum atomic E-state index is 9.17. The summed E-state index contributed by atoms with van der Waals surface area (Å²) in [6.45, 7) is 3.69. The molecule has 0 unspecified atom stereocenters. The first-order valence-corrected chi connectivity index (χ1v) is 5.71. The zero-order valence-corrected chi connectivity index (χ0v) is 11.0. The van der Waals surface area contributed by atoms with Crippen LogP contribution in [0.3, 0.4) is 0 Å². The molecule has 2 aromatic carbocycles. The minimum absolute atomic E-state index is 0.0733. The topological polar surface area (TPSA) is 119 Å². The number of nitrogens with two attached hydrogens (primary N) is 3. The predicted molar refractivity (Wildman–Crippen MR) is 78.9 cm³/mol. The van der Waals surface area contributed by atoms with Crippen LogP contribution in [0.15, 0.2) is 30.3 Å². The second-order valence-corrected chi connectivity index (χ2v) is 4.31. The largest absolute Gasteiger partial charge is 0.508 e. The fourth-order valence-corrected chi connectivity index (χ4v) is 1.40. The van der Waals surface area contributed by atoms with Gasteiger partial charge >= 0.3 is 0 Å². The van der Waals surface area contributed by atoms with E-state index in [0.717, 1.165) is 16.8 Å². The minimum Gasteiger partial charge on any atom is -0.508 e. The molecular formula is C14H19N3O2. The predicted octanol–water partition coefficient (Wildman–Crippen LogP) is 2.15. The van der Waals surface area contributed by atoms with Gasteiger partial charge in [-0.15, -0.1) is 0 Å². The van der Waals surface area contributed by atoms with Crippen LogP contribution < -0.4 is 17.2 Å². The third-order valence-electron chi connectivity index (χ3n) is 2.64. The van der Waals surface area contributed by atoms with Crippen molar-refractivity contribution < 1.29 is 10.2 Å². The number of phenols is 2. The Labute approximate surface area is 112 Å². The van der Waals surface area contributed by atoms with Gasteiger partial charge < -0.3 is 27.4 Å². The Morgan fingerprint density at radius 3 is 1.84 bits per heavy atom. The number of nitrogen functional groups attached to an aromatic ring is 3. The van der Waals surface area contributed by atoms with Crippen LogP contribution in [0.4, 0.5) is 17.1 Å². The Balaban J connectivity index is 0.000000191. The van der Waals surface area contributed by atoms with Crippen LogP contribution in [0.1, 0.15) is 11.1 Å². The van der Waals surface area contributed by atoms with E-state index in [1.165, 1.54) is 12.1 Å². The smallest absolute Gasteiger partial charge is 0.138 e. The molecule has 0 radical (unpaired) electrons. The van der Waals surface area contributed by atoms with Gasteiger partial charge in [0.25, 0.3) is 0 Å². The van der Waals surface area contributed by atoms with Crippen LogP contribution in [0, 0.1) is 13.8 Å². The van der Waals surface area contributed by atoms with Crippen LogP contribution in [0.2, 0.25) is 0 Å². The molecule has 0 atom stereocenters. The highest BCUT2D eigenvalue weighted by atomic mass is 16.3. The highest BCUT2D eigenvalue weighted by molar-refractivity contribution is 5.59. The Bertz CT molecular complexity index is 533. The number of aryl methyl sites for hydroxylation is 2. The first-order valence-electron chi connectivity index (χ1n) is 5.71. The van der Waals surface area contributed by atoms with Crippen molar-refractivity contribution in [2.24, 2.45) is 0 Å². The molecule has 0 aliphatic rings. The van der Waals surface area contributed by atoms with Gasteiger partial charge in [0.15, 0.2) is 0 Å². The normalized spacial score (nSPS) is 9.58. The lowest BCUT2D eigenvalue weighted by Gasteiger charge is -2.02. The van der Waals surface area contributed by atoms with Crippen molar-refractivity contribution in [2.75, 3.05) is 17.2 Å². The van der Waals surface area contributed by atoms with Gasteiger partial charge in [-0.05, 0) is 55.3 Å². The number of aromatic hydroxyl groups is 2. The van der Waals surface area contributed by atoms with Crippen LogP contribution in [-0.2, 0) is 0 Å². The van der Waals surface area contributed by atoms with E-state index < -0.39 is 0 Å². The lowest BCUT2D eigenvalue weighted by molar-refractivity contribution is 0.471. The molecule has 0 amide bonds. The number of hydrogen-bond acceptors (Lipinski definition) is 5. The summed E-state index contributed by atoms with van der Waals surface area (Å²) in [6.07, 6.45) is 0. The fraction of sp³-hybridized carbons (Fsp3) is 0.143. The van der Waals surface area contributed by atoms with Gasteiger partial charge in [-0.2, -0.15) is 0 Å². The maximum Gasteiger partial charge on any atom is 0.138 e. The van der Waals surface area contributed by atoms with Gasteiger partial charge in [0.1, 0.15) is 11.5 Å². The average molecular weight is 261 g/mol. The Hall–Kier alpha value is -2.56. The number of anilines is 3. The first-order chi connectivity index (χ1) is 8.81. The van der Waals surface area contributed by atoms with Crippen LogP contribution in [-0.4, -0.2) is 10.2 Å². The van der Waals surface area contributed by atoms with Crippen LogP contribution in [0.25, 0.3) is 0 Å². The van der Waals surface area contributed by atoms with Crippen molar-refractivity contribution in [1.29, 1.82) is 0 Å². The zero-order chi connectivity index (χ0) is 14.6. The van der Waals surface area contributed by atoms with Crippen molar-refractivity contribution in [3.63, 3.8) is 0 Å². The summed E-state index contributed by atoms with van der Waals surface area (Å²) < 4.78 is 0. The van der Waals surface area contributed by atoms with Crippen LogP contribution in [0.5, 0.6) is 11.5 Å². The van der Waals surface area contributed by atoms with E-state index in [1.54, 1.807) is 18.2 Å². The van der Waals surface area contributed by atoms with Gasteiger partial charge in [0, 0.05) is 11.4 Å². The molecule has 8 N–H and O–H groups in total. The van der Waals surface area contributed by atoms with Gasteiger partial charge in [0.2, 0.25) is 0 Å². The van der Waals surface area contributed by atoms with E-state index in [1.807, 2.05) is 13.8 Å². The van der Waals surface area contributed by atoms with Gasteiger partial charge in [0.05, 0.1) is 5.69 Å². The summed E-state index contributed by atoms with van der Waals surface area (Å²) in [4.78, 5) is 0. The van der Waals surface area contributed by atoms with Gasteiger partial charge in [-0.25, -0.2) is 0 Å². The molecule has 5 nitrogen and oxygen atoms in total. The van der Waals surface area contributed by atoms with E-state index in [9.17, 15) is 0 Å². The molecule has 0 fully saturated rings. The molecule has 0 saturated heterocycles. The zero-order valence-electron chi connectivity index (χ0n) is 11.0.